The number of esters is 2. The van der Waals surface area contributed by atoms with Crippen LogP contribution in [-0.4, -0.2) is 33.3 Å². The zero-order valence-corrected chi connectivity index (χ0v) is 21.2. The van der Waals surface area contributed by atoms with Crippen molar-refractivity contribution < 1.29 is 28.5 Å². The number of methoxy groups -OCH3 is 3. The molecule has 0 heterocycles. The highest BCUT2D eigenvalue weighted by Gasteiger charge is 2.26. The summed E-state index contributed by atoms with van der Waals surface area (Å²) < 4.78 is 22.0. The van der Waals surface area contributed by atoms with Gasteiger partial charge in [0.25, 0.3) is 0 Å². The van der Waals surface area contributed by atoms with E-state index in [1.807, 2.05) is 48.5 Å². The van der Waals surface area contributed by atoms with Crippen molar-refractivity contribution in [1.29, 1.82) is 0 Å². The summed E-state index contributed by atoms with van der Waals surface area (Å²) >= 11 is 0. The number of ether oxygens (including phenoxy) is 4. The molecule has 3 aromatic rings. The van der Waals surface area contributed by atoms with Gasteiger partial charge in [-0.3, -0.25) is 9.59 Å². The van der Waals surface area contributed by atoms with Gasteiger partial charge in [0.05, 0.1) is 21.3 Å². The van der Waals surface area contributed by atoms with Gasteiger partial charge in [0.1, 0.15) is 17.2 Å². The molecule has 6 nitrogen and oxygen atoms in total. The molecule has 0 aliphatic heterocycles. The Morgan fingerprint density at radius 3 is 2.03 bits per heavy atom. The maximum atomic E-state index is 11.7. The fourth-order valence-corrected chi connectivity index (χ4v) is 4.59. The molecule has 0 saturated carbocycles. The summed E-state index contributed by atoms with van der Waals surface area (Å²) in [5.74, 6) is 1.67. The first-order valence-corrected chi connectivity index (χ1v) is 12.0. The zero-order valence-electron chi connectivity index (χ0n) is 21.2. The van der Waals surface area contributed by atoms with Crippen LogP contribution in [0.3, 0.4) is 0 Å². The van der Waals surface area contributed by atoms with E-state index in [0.29, 0.717) is 18.6 Å². The summed E-state index contributed by atoms with van der Waals surface area (Å²) in [5.41, 5.74) is 3.14. The van der Waals surface area contributed by atoms with Crippen LogP contribution in [0.5, 0.6) is 17.2 Å². The molecule has 0 bridgehead atoms. The molecule has 0 aromatic heterocycles. The van der Waals surface area contributed by atoms with E-state index < -0.39 is 0 Å². The van der Waals surface area contributed by atoms with Crippen molar-refractivity contribution in [3.63, 3.8) is 0 Å². The van der Waals surface area contributed by atoms with Gasteiger partial charge in [0, 0.05) is 35.1 Å². The fraction of sp³-hybridized carbons (Fsp3) is 0.379. The Kier molecular flexibility index (Phi) is 9.12. The Morgan fingerprint density at radius 1 is 0.829 bits per heavy atom. The van der Waals surface area contributed by atoms with Crippen LogP contribution < -0.4 is 14.2 Å². The molecular weight excluding hydrogens is 444 g/mol. The van der Waals surface area contributed by atoms with Crippen molar-refractivity contribution in [3.8, 4) is 17.2 Å². The van der Waals surface area contributed by atoms with Crippen LogP contribution >= 0.6 is 0 Å². The first-order valence-electron chi connectivity index (χ1n) is 12.0. The number of fused-ring (bicyclic) bond motifs is 1. The summed E-state index contributed by atoms with van der Waals surface area (Å²) in [7, 11) is 4.79. The average Bonchev–Trinajstić information content (AvgIpc) is 2.88. The number of hydrogen-bond acceptors (Lipinski definition) is 6. The fourth-order valence-electron chi connectivity index (χ4n) is 4.59. The summed E-state index contributed by atoms with van der Waals surface area (Å²) in [5, 5.41) is 1.99. The van der Waals surface area contributed by atoms with Crippen LogP contribution in [-0.2, 0) is 14.3 Å². The van der Waals surface area contributed by atoms with Crippen LogP contribution in [0.15, 0.2) is 48.5 Å². The number of rotatable bonds is 11. The average molecular weight is 479 g/mol. The summed E-state index contributed by atoms with van der Waals surface area (Å²) in [6, 6.07) is 15.7. The Labute approximate surface area is 207 Å². The SMILES string of the molecule is CCC(=O)Oc1ccc(C(CCCCC(=O)OC)c2c(C)c(OC)c3ccccc3c2OC)cc1. The number of carbonyl (C=O) groups excluding carboxylic acids is 2. The van der Waals surface area contributed by atoms with Gasteiger partial charge in [-0.05, 0) is 43.0 Å². The lowest BCUT2D eigenvalue weighted by atomic mass is 9.82. The smallest absolute Gasteiger partial charge is 0.310 e. The van der Waals surface area contributed by atoms with E-state index in [1.54, 1.807) is 21.1 Å². The van der Waals surface area contributed by atoms with Crippen molar-refractivity contribution in [1.82, 2.24) is 0 Å². The normalized spacial score (nSPS) is 11.7. The molecule has 35 heavy (non-hydrogen) atoms. The van der Waals surface area contributed by atoms with Gasteiger partial charge >= 0.3 is 11.9 Å². The van der Waals surface area contributed by atoms with E-state index in [4.69, 9.17) is 18.9 Å². The van der Waals surface area contributed by atoms with Gasteiger partial charge in [-0.1, -0.05) is 49.7 Å². The standard InChI is InChI=1S/C29H34O6/c1-6-25(30)35-21-17-15-20(16-18-21)22(11-9-10-14-26(31)32-3)27-19(2)28(33-4)23-12-7-8-13-24(23)29(27)34-5/h7-8,12-13,15-18,22H,6,9-11,14H2,1-5H3. The van der Waals surface area contributed by atoms with E-state index in [0.717, 1.165) is 58.2 Å². The van der Waals surface area contributed by atoms with Crippen LogP contribution in [0.4, 0.5) is 0 Å². The third-order valence-corrected chi connectivity index (χ3v) is 6.32. The van der Waals surface area contributed by atoms with E-state index in [1.165, 1.54) is 7.11 Å². The highest BCUT2D eigenvalue weighted by Crippen LogP contribution is 2.47. The van der Waals surface area contributed by atoms with Gasteiger partial charge < -0.3 is 18.9 Å². The molecule has 3 aromatic carbocycles. The molecule has 0 fully saturated rings. The van der Waals surface area contributed by atoms with E-state index in [9.17, 15) is 9.59 Å². The molecule has 0 radical (unpaired) electrons. The second kappa shape index (κ2) is 12.2. The molecule has 6 heteroatoms. The van der Waals surface area contributed by atoms with Crippen molar-refractivity contribution >= 4 is 22.7 Å². The lowest BCUT2D eigenvalue weighted by Gasteiger charge is -2.26. The van der Waals surface area contributed by atoms with E-state index >= 15 is 0 Å². The minimum atomic E-state index is -0.270. The summed E-state index contributed by atoms with van der Waals surface area (Å²) in [6.07, 6.45) is 3.04. The predicted octanol–water partition coefficient (Wildman–Crippen LogP) is 6.35. The summed E-state index contributed by atoms with van der Waals surface area (Å²) in [4.78, 5) is 23.3. The second-order valence-electron chi connectivity index (χ2n) is 8.42. The van der Waals surface area contributed by atoms with Gasteiger partial charge in [0.2, 0.25) is 0 Å². The molecule has 186 valence electrons. The largest absolute Gasteiger partial charge is 0.496 e. The Morgan fingerprint density at radius 2 is 1.46 bits per heavy atom. The van der Waals surface area contributed by atoms with Crippen molar-refractivity contribution in [2.24, 2.45) is 0 Å². The van der Waals surface area contributed by atoms with Crippen molar-refractivity contribution in [2.45, 2.75) is 51.9 Å². The first kappa shape index (κ1) is 26.1. The zero-order chi connectivity index (χ0) is 25.4. The maximum absolute atomic E-state index is 11.7. The quantitative estimate of drug-likeness (QED) is 0.182. The second-order valence-corrected chi connectivity index (χ2v) is 8.42. The molecular formula is C29H34O6. The van der Waals surface area contributed by atoms with Crippen LogP contribution in [0.25, 0.3) is 10.8 Å². The first-order chi connectivity index (χ1) is 16.9. The number of hydrogen-bond donors (Lipinski definition) is 0. The minimum absolute atomic E-state index is 0.0166. The lowest BCUT2D eigenvalue weighted by molar-refractivity contribution is -0.140. The highest BCUT2D eigenvalue weighted by molar-refractivity contribution is 5.96. The lowest BCUT2D eigenvalue weighted by Crippen LogP contribution is -2.09. The Hall–Kier alpha value is -3.54. The monoisotopic (exact) mass is 478 g/mol. The van der Waals surface area contributed by atoms with E-state index in [2.05, 4.69) is 6.92 Å². The van der Waals surface area contributed by atoms with Crippen molar-refractivity contribution in [3.05, 3.63) is 65.2 Å². The molecule has 0 spiro atoms. The molecule has 1 unspecified atom stereocenters. The van der Waals surface area contributed by atoms with Gasteiger partial charge in [-0.25, -0.2) is 0 Å². The van der Waals surface area contributed by atoms with Crippen molar-refractivity contribution in [2.75, 3.05) is 21.3 Å². The highest BCUT2D eigenvalue weighted by atomic mass is 16.5. The number of unbranched alkanes of at least 4 members (excludes halogenated alkanes) is 1. The molecule has 0 aliphatic carbocycles. The van der Waals surface area contributed by atoms with E-state index in [-0.39, 0.29) is 17.9 Å². The minimum Gasteiger partial charge on any atom is -0.496 e. The molecule has 0 N–H and O–H groups in total. The van der Waals surface area contributed by atoms with Crippen LogP contribution in [0, 0.1) is 6.92 Å². The molecule has 0 amide bonds. The Balaban J connectivity index is 2.09. The Bertz CT molecular complexity index is 1170. The third-order valence-electron chi connectivity index (χ3n) is 6.32. The third kappa shape index (κ3) is 5.94. The summed E-state index contributed by atoms with van der Waals surface area (Å²) in [6.45, 7) is 3.82. The number of carbonyl (C=O) groups is 2. The molecule has 0 saturated heterocycles. The maximum Gasteiger partial charge on any atom is 0.310 e. The number of benzene rings is 3. The van der Waals surface area contributed by atoms with Crippen LogP contribution in [0.1, 0.15) is 61.6 Å². The van der Waals surface area contributed by atoms with Gasteiger partial charge in [0.15, 0.2) is 0 Å². The van der Waals surface area contributed by atoms with Crippen LogP contribution in [0.2, 0.25) is 0 Å². The predicted molar refractivity (Wildman–Crippen MR) is 136 cm³/mol. The molecule has 0 aliphatic rings. The topological polar surface area (TPSA) is 71.1 Å². The molecule has 3 rings (SSSR count). The van der Waals surface area contributed by atoms with Gasteiger partial charge in [-0.2, -0.15) is 0 Å². The molecule has 1 atom stereocenters. The van der Waals surface area contributed by atoms with Gasteiger partial charge in [-0.15, -0.1) is 0 Å².